The van der Waals surface area contributed by atoms with Crippen molar-refractivity contribution >= 4 is 5.69 Å². The van der Waals surface area contributed by atoms with E-state index in [4.69, 9.17) is 9.47 Å². The van der Waals surface area contributed by atoms with Gasteiger partial charge in [-0.25, -0.2) is 0 Å². The van der Waals surface area contributed by atoms with E-state index in [9.17, 15) is 0 Å². The first-order valence-corrected chi connectivity index (χ1v) is 6.94. The maximum Gasteiger partial charge on any atom is 0.0667 e. The van der Waals surface area contributed by atoms with Gasteiger partial charge in [-0.3, -0.25) is 0 Å². The van der Waals surface area contributed by atoms with E-state index in [1.165, 1.54) is 11.3 Å². The highest BCUT2D eigenvalue weighted by Crippen LogP contribution is 2.16. The third-order valence-corrected chi connectivity index (χ3v) is 3.48. The highest BCUT2D eigenvalue weighted by Gasteiger charge is 2.10. The average Bonchev–Trinajstić information content (AvgIpc) is 2.48. The number of benzene rings is 1. The molecule has 1 saturated heterocycles. The second-order valence-corrected chi connectivity index (χ2v) is 4.94. The van der Waals surface area contributed by atoms with Gasteiger partial charge < -0.3 is 19.7 Å². The van der Waals surface area contributed by atoms with Crippen LogP contribution in [0, 0.1) is 0 Å². The highest BCUT2D eigenvalue weighted by atomic mass is 16.5. The molecule has 1 aliphatic rings. The van der Waals surface area contributed by atoms with Gasteiger partial charge in [-0.1, -0.05) is 12.1 Å². The number of anilines is 1. The van der Waals surface area contributed by atoms with Gasteiger partial charge in [0, 0.05) is 39.0 Å². The summed E-state index contributed by atoms with van der Waals surface area (Å²) >= 11 is 0. The molecule has 106 valence electrons. The first-order valence-electron chi connectivity index (χ1n) is 6.94. The van der Waals surface area contributed by atoms with E-state index in [0.29, 0.717) is 0 Å². The molecule has 1 atom stereocenters. The molecule has 1 aromatic rings. The minimum Gasteiger partial charge on any atom is -0.380 e. The summed E-state index contributed by atoms with van der Waals surface area (Å²) in [6.45, 7) is 7.47. The first kappa shape index (κ1) is 14.3. The molecule has 1 fully saturated rings. The molecule has 1 N–H and O–H groups in total. The van der Waals surface area contributed by atoms with Crippen molar-refractivity contribution in [2.45, 2.75) is 19.6 Å². The monoisotopic (exact) mass is 264 g/mol. The molecule has 1 unspecified atom stereocenters. The number of ether oxygens (including phenoxy) is 2. The van der Waals surface area contributed by atoms with Gasteiger partial charge >= 0.3 is 0 Å². The summed E-state index contributed by atoms with van der Waals surface area (Å²) in [5, 5.41) is 3.39. The molecule has 0 radical (unpaired) electrons. The smallest absolute Gasteiger partial charge is 0.0667 e. The quantitative estimate of drug-likeness (QED) is 0.847. The predicted molar refractivity (Wildman–Crippen MR) is 77.7 cm³/mol. The fourth-order valence-electron chi connectivity index (χ4n) is 2.15. The van der Waals surface area contributed by atoms with E-state index >= 15 is 0 Å². The minimum atomic E-state index is 0.257. The molecule has 0 aliphatic carbocycles. The third kappa shape index (κ3) is 4.49. The van der Waals surface area contributed by atoms with Gasteiger partial charge in [0.15, 0.2) is 0 Å². The van der Waals surface area contributed by atoms with Crippen molar-refractivity contribution in [2.24, 2.45) is 0 Å². The molecule has 0 bridgehead atoms. The molecule has 1 aromatic carbocycles. The van der Waals surface area contributed by atoms with Gasteiger partial charge in [0.2, 0.25) is 0 Å². The van der Waals surface area contributed by atoms with Gasteiger partial charge in [-0.05, 0) is 24.6 Å². The molecule has 0 amide bonds. The molecule has 1 aliphatic heterocycles. The van der Waals surface area contributed by atoms with Crippen molar-refractivity contribution in [2.75, 3.05) is 44.9 Å². The van der Waals surface area contributed by atoms with Crippen LogP contribution in [0.1, 0.15) is 12.5 Å². The van der Waals surface area contributed by atoms with Crippen molar-refractivity contribution in [1.29, 1.82) is 0 Å². The summed E-state index contributed by atoms with van der Waals surface area (Å²) in [6.07, 6.45) is 0.257. The number of methoxy groups -OCH3 is 1. The summed E-state index contributed by atoms with van der Waals surface area (Å²) in [5.41, 5.74) is 2.60. The number of hydrogen-bond acceptors (Lipinski definition) is 4. The Labute approximate surface area is 115 Å². The van der Waals surface area contributed by atoms with E-state index < -0.39 is 0 Å². The van der Waals surface area contributed by atoms with Crippen LogP contribution in [0.15, 0.2) is 24.3 Å². The number of rotatable bonds is 6. The Morgan fingerprint density at radius 1 is 1.26 bits per heavy atom. The Bertz CT molecular complexity index is 361. The zero-order chi connectivity index (χ0) is 13.5. The zero-order valence-corrected chi connectivity index (χ0v) is 11.9. The van der Waals surface area contributed by atoms with Gasteiger partial charge in [-0.2, -0.15) is 0 Å². The van der Waals surface area contributed by atoms with Crippen LogP contribution >= 0.6 is 0 Å². The molecule has 4 nitrogen and oxygen atoms in total. The van der Waals surface area contributed by atoms with Crippen LogP contribution in [0.5, 0.6) is 0 Å². The van der Waals surface area contributed by atoms with Crippen molar-refractivity contribution in [1.82, 2.24) is 5.32 Å². The second kappa shape index (κ2) is 7.48. The van der Waals surface area contributed by atoms with Crippen LogP contribution in [0.4, 0.5) is 5.69 Å². The number of nitrogens with one attached hydrogen (secondary N) is 1. The maximum absolute atomic E-state index is 5.37. The normalized spacial score (nSPS) is 17.5. The number of morpholine rings is 1. The van der Waals surface area contributed by atoms with Crippen LogP contribution < -0.4 is 10.2 Å². The lowest BCUT2D eigenvalue weighted by Gasteiger charge is -2.28. The fraction of sp³-hybridized carbons (Fsp3) is 0.600. The molecule has 19 heavy (non-hydrogen) atoms. The second-order valence-electron chi connectivity index (χ2n) is 4.94. The molecular formula is C15H24N2O2. The lowest BCUT2D eigenvalue weighted by Crippen LogP contribution is -2.36. The number of hydrogen-bond donors (Lipinski definition) is 1. The first-order chi connectivity index (χ1) is 9.29. The van der Waals surface area contributed by atoms with Crippen molar-refractivity contribution < 1.29 is 9.47 Å². The third-order valence-electron chi connectivity index (χ3n) is 3.48. The Morgan fingerprint density at radius 2 is 1.95 bits per heavy atom. The van der Waals surface area contributed by atoms with E-state index in [-0.39, 0.29) is 6.10 Å². The van der Waals surface area contributed by atoms with E-state index in [1.807, 2.05) is 0 Å². The Balaban J connectivity index is 1.80. The Kier molecular flexibility index (Phi) is 5.63. The van der Waals surface area contributed by atoms with E-state index in [0.717, 1.165) is 39.4 Å². The Morgan fingerprint density at radius 3 is 2.58 bits per heavy atom. The maximum atomic E-state index is 5.37. The molecule has 1 heterocycles. The van der Waals surface area contributed by atoms with Crippen LogP contribution in [0.25, 0.3) is 0 Å². The molecule has 2 rings (SSSR count). The SMILES string of the molecule is COC(C)CNCc1ccc(N2CCOCC2)cc1. The van der Waals surface area contributed by atoms with Gasteiger partial charge in [-0.15, -0.1) is 0 Å². The van der Waals surface area contributed by atoms with Crippen molar-refractivity contribution in [3.8, 4) is 0 Å². The lowest BCUT2D eigenvalue weighted by molar-refractivity contribution is 0.117. The van der Waals surface area contributed by atoms with Crippen LogP contribution in [-0.4, -0.2) is 46.1 Å². The highest BCUT2D eigenvalue weighted by molar-refractivity contribution is 5.47. The molecule has 0 spiro atoms. The van der Waals surface area contributed by atoms with Crippen LogP contribution in [-0.2, 0) is 16.0 Å². The van der Waals surface area contributed by atoms with Gasteiger partial charge in [0.05, 0.1) is 19.3 Å². The van der Waals surface area contributed by atoms with E-state index in [1.54, 1.807) is 7.11 Å². The van der Waals surface area contributed by atoms with Crippen LogP contribution in [0.3, 0.4) is 0 Å². The molecule has 0 aromatic heterocycles. The lowest BCUT2D eigenvalue weighted by atomic mass is 10.2. The van der Waals surface area contributed by atoms with Gasteiger partial charge in [0.25, 0.3) is 0 Å². The summed E-state index contributed by atoms with van der Waals surface area (Å²) in [6, 6.07) is 8.77. The summed E-state index contributed by atoms with van der Waals surface area (Å²) in [7, 11) is 1.74. The summed E-state index contributed by atoms with van der Waals surface area (Å²) in [4.78, 5) is 2.37. The molecule has 4 heteroatoms. The van der Waals surface area contributed by atoms with E-state index in [2.05, 4.69) is 41.4 Å². The summed E-state index contributed by atoms with van der Waals surface area (Å²) < 4.78 is 10.6. The Hall–Kier alpha value is -1.10. The standard InChI is InChI=1S/C15H24N2O2/c1-13(18-2)11-16-12-14-3-5-15(6-4-14)17-7-9-19-10-8-17/h3-6,13,16H,7-12H2,1-2H3. The average molecular weight is 264 g/mol. The molecular weight excluding hydrogens is 240 g/mol. The fourth-order valence-corrected chi connectivity index (χ4v) is 2.15. The largest absolute Gasteiger partial charge is 0.380 e. The topological polar surface area (TPSA) is 33.7 Å². The van der Waals surface area contributed by atoms with Crippen molar-refractivity contribution in [3.63, 3.8) is 0 Å². The van der Waals surface area contributed by atoms with Crippen LogP contribution in [0.2, 0.25) is 0 Å². The molecule has 0 saturated carbocycles. The zero-order valence-electron chi connectivity index (χ0n) is 11.9. The van der Waals surface area contributed by atoms with Gasteiger partial charge in [0.1, 0.15) is 0 Å². The predicted octanol–water partition coefficient (Wildman–Crippen LogP) is 1.65. The summed E-state index contributed by atoms with van der Waals surface area (Å²) in [5.74, 6) is 0. The number of nitrogens with zero attached hydrogens (tertiary/aromatic N) is 1. The minimum absolute atomic E-state index is 0.257. The van der Waals surface area contributed by atoms with Crippen molar-refractivity contribution in [3.05, 3.63) is 29.8 Å².